The van der Waals surface area contributed by atoms with Gasteiger partial charge in [-0.15, -0.1) is 0 Å². The predicted octanol–water partition coefficient (Wildman–Crippen LogP) is 2.99. The zero-order valence-electron chi connectivity index (χ0n) is 6.92. The topological polar surface area (TPSA) is 29.4 Å². The van der Waals surface area contributed by atoms with Crippen LogP contribution in [0.25, 0.3) is 0 Å². The highest BCUT2D eigenvalue weighted by Gasteiger charge is 2.05. The van der Waals surface area contributed by atoms with E-state index >= 15 is 0 Å². The van der Waals surface area contributed by atoms with Gasteiger partial charge in [0.1, 0.15) is 5.82 Å². The molecule has 1 atom stereocenters. The van der Waals surface area contributed by atoms with E-state index in [1.165, 1.54) is 12.1 Å². The van der Waals surface area contributed by atoms with Crippen LogP contribution in [0.4, 0.5) is 4.39 Å². The smallest absolute Gasteiger partial charge is 0.211 e. The lowest BCUT2D eigenvalue weighted by molar-refractivity contribution is 0.559. The largest absolute Gasteiger partial charge is 0.235 e. The summed E-state index contributed by atoms with van der Waals surface area (Å²) in [5.74, 6) is -0.328. The maximum absolute atomic E-state index is 12.8. The normalized spacial score (nSPS) is 11.9. The monoisotopic (exact) mass is 243 g/mol. The van der Waals surface area contributed by atoms with Crippen molar-refractivity contribution >= 4 is 22.0 Å². The third kappa shape index (κ3) is 2.47. The maximum atomic E-state index is 12.8. The van der Waals surface area contributed by atoms with Crippen LogP contribution in [0, 0.1) is 5.82 Å². The van der Waals surface area contributed by atoms with Crippen molar-refractivity contribution in [2.24, 2.45) is 4.99 Å². The van der Waals surface area contributed by atoms with Crippen molar-refractivity contribution in [3.05, 3.63) is 34.1 Å². The second-order valence-electron chi connectivity index (χ2n) is 2.57. The summed E-state index contributed by atoms with van der Waals surface area (Å²) in [4.78, 5) is 13.5. The number of halogens is 2. The van der Waals surface area contributed by atoms with E-state index < -0.39 is 0 Å². The van der Waals surface area contributed by atoms with Gasteiger partial charge in [0.2, 0.25) is 6.08 Å². The van der Waals surface area contributed by atoms with Crippen LogP contribution < -0.4 is 0 Å². The van der Waals surface area contributed by atoms with Gasteiger partial charge in [-0.3, -0.25) is 0 Å². The number of aliphatic imine (C=N–C) groups is 1. The minimum Gasteiger partial charge on any atom is -0.211 e. The molecular formula is C9H7BrFNO. The minimum atomic E-state index is -0.328. The Balaban J connectivity index is 3.03. The minimum absolute atomic E-state index is 0.283. The van der Waals surface area contributed by atoms with Crippen molar-refractivity contribution in [3.8, 4) is 0 Å². The molecule has 68 valence electrons. The van der Waals surface area contributed by atoms with Crippen molar-refractivity contribution in [2.75, 3.05) is 0 Å². The number of carbonyl (C=O) groups excluding carboxylic acids is 1. The fourth-order valence-corrected chi connectivity index (χ4v) is 1.32. The second-order valence-corrected chi connectivity index (χ2v) is 3.42. The molecule has 1 rings (SSSR count). The molecule has 0 aliphatic carbocycles. The van der Waals surface area contributed by atoms with Gasteiger partial charge in [0.15, 0.2) is 0 Å². The highest BCUT2D eigenvalue weighted by Crippen LogP contribution is 2.22. The number of isocyanates is 1. The van der Waals surface area contributed by atoms with Crippen LogP contribution in [0.15, 0.2) is 27.7 Å². The summed E-state index contributed by atoms with van der Waals surface area (Å²) in [6.45, 7) is 1.74. The van der Waals surface area contributed by atoms with Gasteiger partial charge in [0.05, 0.1) is 10.5 Å². The molecule has 0 N–H and O–H groups in total. The molecule has 1 unspecified atom stereocenters. The number of nitrogens with zero attached hydrogens (tertiary/aromatic N) is 1. The third-order valence-corrected chi connectivity index (χ3v) is 2.28. The van der Waals surface area contributed by atoms with E-state index in [4.69, 9.17) is 0 Å². The standard InChI is InChI=1S/C9H7BrFNO/c1-6(12-5-13)7-2-3-9(11)8(10)4-7/h2-4,6H,1H3. The molecule has 4 heteroatoms. The lowest BCUT2D eigenvalue weighted by Crippen LogP contribution is -1.90. The number of benzene rings is 1. The average molecular weight is 244 g/mol. The Labute approximate surface area is 83.6 Å². The Morgan fingerprint density at radius 1 is 1.62 bits per heavy atom. The van der Waals surface area contributed by atoms with Gasteiger partial charge in [-0.25, -0.2) is 9.18 Å². The third-order valence-electron chi connectivity index (χ3n) is 1.67. The fourth-order valence-electron chi connectivity index (χ4n) is 0.926. The molecule has 0 bridgehead atoms. The molecule has 0 fully saturated rings. The van der Waals surface area contributed by atoms with E-state index in [-0.39, 0.29) is 11.9 Å². The van der Waals surface area contributed by atoms with E-state index in [2.05, 4.69) is 20.9 Å². The van der Waals surface area contributed by atoms with Gasteiger partial charge >= 0.3 is 0 Å². The number of rotatable bonds is 2. The number of hydrogen-bond acceptors (Lipinski definition) is 2. The molecule has 0 aliphatic heterocycles. The van der Waals surface area contributed by atoms with Gasteiger partial charge in [0, 0.05) is 0 Å². The zero-order valence-corrected chi connectivity index (χ0v) is 8.51. The Morgan fingerprint density at radius 2 is 2.31 bits per heavy atom. The van der Waals surface area contributed by atoms with Crippen LogP contribution in [0.5, 0.6) is 0 Å². The fraction of sp³-hybridized carbons (Fsp3) is 0.222. The quantitative estimate of drug-likeness (QED) is 0.580. The first-order valence-electron chi connectivity index (χ1n) is 3.67. The summed E-state index contributed by atoms with van der Waals surface area (Å²) < 4.78 is 13.2. The molecule has 2 nitrogen and oxygen atoms in total. The first-order chi connectivity index (χ1) is 6.15. The highest BCUT2D eigenvalue weighted by molar-refractivity contribution is 9.10. The molecule has 0 amide bonds. The molecule has 13 heavy (non-hydrogen) atoms. The molecule has 0 saturated carbocycles. The number of hydrogen-bond donors (Lipinski definition) is 0. The second kappa shape index (κ2) is 4.30. The highest BCUT2D eigenvalue weighted by atomic mass is 79.9. The lowest BCUT2D eigenvalue weighted by Gasteiger charge is -2.04. The molecule has 1 aromatic carbocycles. The van der Waals surface area contributed by atoms with Crippen molar-refractivity contribution in [1.29, 1.82) is 0 Å². The average Bonchev–Trinajstić information content (AvgIpc) is 2.10. The first kappa shape index (κ1) is 10.1. The predicted molar refractivity (Wildman–Crippen MR) is 50.6 cm³/mol. The molecular weight excluding hydrogens is 237 g/mol. The molecule has 1 aromatic rings. The Hall–Kier alpha value is -0.990. The zero-order chi connectivity index (χ0) is 9.84. The summed E-state index contributed by atoms with van der Waals surface area (Å²) in [6.07, 6.45) is 1.47. The molecule has 0 radical (unpaired) electrons. The van der Waals surface area contributed by atoms with Crippen LogP contribution >= 0.6 is 15.9 Å². The van der Waals surface area contributed by atoms with Crippen molar-refractivity contribution in [2.45, 2.75) is 13.0 Å². The van der Waals surface area contributed by atoms with Crippen molar-refractivity contribution in [3.63, 3.8) is 0 Å². The van der Waals surface area contributed by atoms with Crippen LogP contribution in [0.3, 0.4) is 0 Å². The molecule has 0 aromatic heterocycles. The van der Waals surface area contributed by atoms with Crippen LogP contribution in [0.1, 0.15) is 18.5 Å². The van der Waals surface area contributed by atoms with E-state index in [0.29, 0.717) is 4.47 Å². The molecule has 0 spiro atoms. The first-order valence-corrected chi connectivity index (χ1v) is 4.46. The summed E-state index contributed by atoms with van der Waals surface area (Å²) in [5, 5.41) is 0. The SMILES string of the molecule is CC(N=C=O)c1ccc(F)c(Br)c1. The molecule has 0 aliphatic rings. The Kier molecular flexibility index (Phi) is 3.34. The summed E-state index contributed by atoms with van der Waals surface area (Å²) in [5.41, 5.74) is 0.775. The summed E-state index contributed by atoms with van der Waals surface area (Å²) >= 11 is 3.05. The van der Waals surface area contributed by atoms with Gasteiger partial charge in [-0.05, 0) is 40.5 Å². The van der Waals surface area contributed by atoms with Gasteiger partial charge in [0.25, 0.3) is 0 Å². The van der Waals surface area contributed by atoms with E-state index in [0.717, 1.165) is 5.56 Å². The van der Waals surface area contributed by atoms with Gasteiger partial charge in [-0.2, -0.15) is 4.99 Å². The lowest BCUT2D eigenvalue weighted by atomic mass is 10.1. The van der Waals surface area contributed by atoms with Crippen LogP contribution in [-0.2, 0) is 4.79 Å². The summed E-state index contributed by atoms with van der Waals surface area (Å²) in [6, 6.07) is 4.23. The van der Waals surface area contributed by atoms with Crippen molar-refractivity contribution < 1.29 is 9.18 Å². The molecule has 0 saturated heterocycles. The van der Waals surface area contributed by atoms with Gasteiger partial charge in [-0.1, -0.05) is 6.07 Å². The van der Waals surface area contributed by atoms with E-state index in [1.54, 1.807) is 19.1 Å². The van der Waals surface area contributed by atoms with Crippen LogP contribution in [-0.4, -0.2) is 6.08 Å². The maximum Gasteiger partial charge on any atom is 0.235 e. The summed E-state index contributed by atoms with van der Waals surface area (Å²) in [7, 11) is 0. The van der Waals surface area contributed by atoms with E-state index in [9.17, 15) is 9.18 Å². The Bertz CT molecular complexity index is 361. The molecule has 0 heterocycles. The van der Waals surface area contributed by atoms with Gasteiger partial charge < -0.3 is 0 Å². The van der Waals surface area contributed by atoms with Crippen LogP contribution in [0.2, 0.25) is 0 Å². The Morgan fingerprint density at radius 3 is 2.85 bits per heavy atom. The van der Waals surface area contributed by atoms with Crippen molar-refractivity contribution in [1.82, 2.24) is 0 Å². The van der Waals surface area contributed by atoms with E-state index in [1.807, 2.05) is 0 Å².